The lowest BCUT2D eigenvalue weighted by Gasteiger charge is -2.12. The second kappa shape index (κ2) is 9.74. The van der Waals surface area contributed by atoms with Crippen LogP contribution in [0.4, 0.5) is 0 Å². The Kier molecular flexibility index (Phi) is 7.35. The molecule has 2 aromatic carbocycles. The predicted molar refractivity (Wildman–Crippen MR) is 99.2 cm³/mol. The molecule has 0 atom stereocenters. The third-order valence-corrected chi connectivity index (χ3v) is 3.75. The van der Waals surface area contributed by atoms with Crippen LogP contribution in [-0.2, 0) is 9.53 Å². The van der Waals surface area contributed by atoms with Crippen molar-refractivity contribution in [3.05, 3.63) is 58.6 Å². The molecule has 2 rings (SSSR count). The van der Waals surface area contributed by atoms with Gasteiger partial charge in [-0.25, -0.2) is 4.79 Å². The summed E-state index contributed by atoms with van der Waals surface area (Å²) in [5.74, 6) is 1.55. The Labute approximate surface area is 155 Å². The quantitative estimate of drug-likeness (QED) is 0.375. The summed E-state index contributed by atoms with van der Waals surface area (Å²) >= 11 is 3.38. The van der Waals surface area contributed by atoms with Gasteiger partial charge in [-0.2, -0.15) is 0 Å². The number of ether oxygens (including phenoxy) is 4. The van der Waals surface area contributed by atoms with Crippen LogP contribution in [0.3, 0.4) is 0 Å². The highest BCUT2D eigenvalue weighted by molar-refractivity contribution is 9.10. The summed E-state index contributed by atoms with van der Waals surface area (Å²) in [5, 5.41) is 0. The summed E-state index contributed by atoms with van der Waals surface area (Å²) in [6.45, 7) is 0.790. The second-order valence-electron chi connectivity index (χ2n) is 4.92. The lowest BCUT2D eigenvalue weighted by molar-refractivity contribution is -0.134. The summed E-state index contributed by atoms with van der Waals surface area (Å²) in [6, 6.07) is 13.0. The summed E-state index contributed by atoms with van der Waals surface area (Å²) in [5.41, 5.74) is 0.806. The van der Waals surface area contributed by atoms with Gasteiger partial charge in [-0.15, -0.1) is 0 Å². The summed E-state index contributed by atoms with van der Waals surface area (Å²) < 4.78 is 22.2. The van der Waals surface area contributed by atoms with Crippen molar-refractivity contribution in [2.45, 2.75) is 0 Å². The van der Waals surface area contributed by atoms with Crippen molar-refractivity contribution in [3.63, 3.8) is 0 Å². The second-order valence-corrected chi connectivity index (χ2v) is 5.83. The van der Waals surface area contributed by atoms with Gasteiger partial charge in [0.1, 0.15) is 19.0 Å². The van der Waals surface area contributed by atoms with Gasteiger partial charge < -0.3 is 18.9 Å². The van der Waals surface area contributed by atoms with Crippen LogP contribution in [-0.4, -0.2) is 33.4 Å². The Morgan fingerprint density at radius 3 is 2.40 bits per heavy atom. The maximum absolute atomic E-state index is 11.1. The van der Waals surface area contributed by atoms with E-state index in [9.17, 15) is 4.79 Å². The van der Waals surface area contributed by atoms with E-state index in [4.69, 9.17) is 14.2 Å². The molecule has 0 aliphatic rings. The number of methoxy groups -OCH3 is 2. The Hall–Kier alpha value is -2.47. The van der Waals surface area contributed by atoms with Crippen molar-refractivity contribution in [2.75, 3.05) is 27.4 Å². The monoisotopic (exact) mass is 406 g/mol. The van der Waals surface area contributed by atoms with Crippen LogP contribution in [0.15, 0.2) is 53.0 Å². The van der Waals surface area contributed by atoms with E-state index in [0.717, 1.165) is 15.8 Å². The molecule has 0 aromatic heterocycles. The van der Waals surface area contributed by atoms with Crippen LogP contribution in [0.1, 0.15) is 5.56 Å². The first-order valence-corrected chi connectivity index (χ1v) is 8.37. The number of carbonyl (C=O) groups is 1. The molecule has 0 heterocycles. The first-order chi connectivity index (χ1) is 12.1. The lowest BCUT2D eigenvalue weighted by Crippen LogP contribution is -2.09. The number of halogens is 1. The fraction of sp³-hybridized carbons (Fsp3) is 0.211. The van der Waals surface area contributed by atoms with Gasteiger partial charge in [0, 0.05) is 10.5 Å². The average molecular weight is 407 g/mol. The third kappa shape index (κ3) is 6.15. The van der Waals surface area contributed by atoms with Crippen molar-refractivity contribution in [2.24, 2.45) is 0 Å². The SMILES string of the molecule is COC(=O)/C=C/c1ccc(OCCOc2ccc(Br)cc2)c(OC)c1. The van der Waals surface area contributed by atoms with Gasteiger partial charge in [-0.1, -0.05) is 22.0 Å². The van der Waals surface area contributed by atoms with Gasteiger partial charge in [-0.3, -0.25) is 0 Å². The van der Waals surface area contributed by atoms with E-state index in [1.165, 1.54) is 13.2 Å². The highest BCUT2D eigenvalue weighted by Crippen LogP contribution is 2.28. The van der Waals surface area contributed by atoms with E-state index >= 15 is 0 Å². The van der Waals surface area contributed by atoms with E-state index in [-0.39, 0.29) is 0 Å². The van der Waals surface area contributed by atoms with Crippen molar-refractivity contribution >= 4 is 28.0 Å². The highest BCUT2D eigenvalue weighted by atomic mass is 79.9. The first-order valence-electron chi connectivity index (χ1n) is 7.57. The number of hydrogen-bond acceptors (Lipinski definition) is 5. The molecular formula is C19H19BrO5. The fourth-order valence-corrected chi connectivity index (χ4v) is 2.25. The van der Waals surface area contributed by atoms with Crippen molar-refractivity contribution in [1.29, 1.82) is 0 Å². The van der Waals surface area contributed by atoms with E-state index in [1.54, 1.807) is 25.3 Å². The van der Waals surface area contributed by atoms with Crippen LogP contribution >= 0.6 is 15.9 Å². The largest absolute Gasteiger partial charge is 0.493 e. The van der Waals surface area contributed by atoms with Crippen LogP contribution in [0, 0.1) is 0 Å². The van der Waals surface area contributed by atoms with Gasteiger partial charge in [-0.05, 0) is 48.0 Å². The molecule has 0 saturated heterocycles. The van der Waals surface area contributed by atoms with E-state index in [1.807, 2.05) is 30.3 Å². The van der Waals surface area contributed by atoms with Crippen molar-refractivity contribution in [1.82, 2.24) is 0 Å². The Balaban J connectivity index is 1.89. The molecule has 0 aliphatic carbocycles. The summed E-state index contributed by atoms with van der Waals surface area (Å²) in [7, 11) is 2.90. The molecule has 0 spiro atoms. The Morgan fingerprint density at radius 2 is 1.72 bits per heavy atom. The van der Waals surface area contributed by atoms with E-state index in [2.05, 4.69) is 20.7 Å². The molecule has 0 N–H and O–H groups in total. The molecule has 25 heavy (non-hydrogen) atoms. The maximum Gasteiger partial charge on any atom is 0.330 e. The molecule has 6 heteroatoms. The number of benzene rings is 2. The van der Waals surface area contributed by atoms with E-state index in [0.29, 0.717) is 24.7 Å². The normalized spacial score (nSPS) is 10.5. The van der Waals surface area contributed by atoms with Crippen LogP contribution in [0.5, 0.6) is 17.2 Å². The Bertz CT molecular complexity index is 725. The van der Waals surface area contributed by atoms with Crippen molar-refractivity contribution in [3.8, 4) is 17.2 Å². The molecule has 5 nitrogen and oxygen atoms in total. The lowest BCUT2D eigenvalue weighted by atomic mass is 10.2. The number of hydrogen-bond donors (Lipinski definition) is 0. The average Bonchev–Trinajstić information content (AvgIpc) is 2.65. The minimum Gasteiger partial charge on any atom is -0.493 e. The molecule has 0 saturated carbocycles. The first kappa shape index (κ1) is 18.9. The molecule has 0 radical (unpaired) electrons. The highest BCUT2D eigenvalue weighted by Gasteiger charge is 2.05. The zero-order valence-electron chi connectivity index (χ0n) is 14.0. The van der Waals surface area contributed by atoms with Gasteiger partial charge in [0.05, 0.1) is 14.2 Å². The molecule has 0 unspecified atom stereocenters. The predicted octanol–water partition coefficient (Wildman–Crippen LogP) is 4.10. The number of rotatable bonds is 8. The number of esters is 1. The van der Waals surface area contributed by atoms with E-state index < -0.39 is 5.97 Å². The van der Waals surface area contributed by atoms with Crippen LogP contribution in [0.2, 0.25) is 0 Å². The number of carbonyl (C=O) groups excluding carboxylic acids is 1. The van der Waals surface area contributed by atoms with Gasteiger partial charge in [0.2, 0.25) is 0 Å². The fourth-order valence-electron chi connectivity index (χ4n) is 1.98. The minimum absolute atomic E-state index is 0.379. The zero-order chi connectivity index (χ0) is 18.1. The van der Waals surface area contributed by atoms with Gasteiger partial charge in [0.25, 0.3) is 0 Å². The molecule has 2 aromatic rings. The topological polar surface area (TPSA) is 54.0 Å². The maximum atomic E-state index is 11.1. The smallest absolute Gasteiger partial charge is 0.330 e. The van der Waals surface area contributed by atoms with Crippen LogP contribution in [0.25, 0.3) is 6.08 Å². The summed E-state index contributed by atoms with van der Waals surface area (Å²) in [6.07, 6.45) is 3.00. The molecule has 0 aliphatic heterocycles. The standard InChI is InChI=1S/C19H19BrO5/c1-22-18-13-14(4-10-19(21)23-2)3-9-17(18)25-12-11-24-16-7-5-15(20)6-8-16/h3-10,13H,11-12H2,1-2H3/b10-4+. The Morgan fingerprint density at radius 1 is 1.00 bits per heavy atom. The van der Waals surface area contributed by atoms with Gasteiger partial charge in [0.15, 0.2) is 11.5 Å². The van der Waals surface area contributed by atoms with Gasteiger partial charge >= 0.3 is 5.97 Å². The zero-order valence-corrected chi connectivity index (χ0v) is 15.6. The molecule has 0 fully saturated rings. The molecule has 0 amide bonds. The molecule has 132 valence electrons. The van der Waals surface area contributed by atoms with Crippen molar-refractivity contribution < 1.29 is 23.7 Å². The molecule has 0 bridgehead atoms. The molecular weight excluding hydrogens is 388 g/mol. The third-order valence-electron chi connectivity index (χ3n) is 3.22. The van der Waals surface area contributed by atoms with Crippen LogP contribution < -0.4 is 14.2 Å². The minimum atomic E-state index is -0.413. The summed E-state index contributed by atoms with van der Waals surface area (Å²) in [4.78, 5) is 11.1.